The summed E-state index contributed by atoms with van der Waals surface area (Å²) in [7, 11) is 0. The number of hydrogen-bond donors (Lipinski definition) is 1. The number of amides is 1. The first-order valence-corrected chi connectivity index (χ1v) is 11.3. The number of nitrogens with one attached hydrogen (secondary N) is 1. The summed E-state index contributed by atoms with van der Waals surface area (Å²) in [6.07, 6.45) is 4.55. The van der Waals surface area contributed by atoms with E-state index in [9.17, 15) is 9.18 Å². The zero-order chi connectivity index (χ0) is 19.0. The summed E-state index contributed by atoms with van der Waals surface area (Å²) in [6.45, 7) is 1.87. The molecule has 0 aliphatic heterocycles. The number of thiophene rings is 1. The Hall–Kier alpha value is -1.51. The van der Waals surface area contributed by atoms with E-state index in [0.29, 0.717) is 10.3 Å². The van der Waals surface area contributed by atoms with Gasteiger partial charge in [-0.1, -0.05) is 27.7 Å². The van der Waals surface area contributed by atoms with Crippen molar-refractivity contribution in [2.24, 2.45) is 0 Å². The SMILES string of the molecule is Cc1nc(SCC(=O)Nc2ccc(Br)cc2F)c2c3c(sc2n1)CCCC3. The van der Waals surface area contributed by atoms with Crippen molar-refractivity contribution in [3.05, 3.63) is 44.8 Å². The van der Waals surface area contributed by atoms with Gasteiger partial charge in [0.05, 0.1) is 11.4 Å². The molecule has 0 spiro atoms. The van der Waals surface area contributed by atoms with E-state index < -0.39 is 5.82 Å². The molecule has 1 amide bonds. The van der Waals surface area contributed by atoms with Crippen molar-refractivity contribution < 1.29 is 9.18 Å². The highest BCUT2D eigenvalue weighted by atomic mass is 79.9. The molecule has 4 rings (SSSR count). The molecule has 27 heavy (non-hydrogen) atoms. The summed E-state index contributed by atoms with van der Waals surface area (Å²) in [4.78, 5) is 23.9. The van der Waals surface area contributed by atoms with Crippen molar-refractivity contribution in [1.82, 2.24) is 9.97 Å². The molecule has 0 unspecified atom stereocenters. The highest BCUT2D eigenvalue weighted by Gasteiger charge is 2.21. The Bertz CT molecular complexity index is 1040. The first kappa shape index (κ1) is 18.8. The molecule has 0 saturated carbocycles. The number of nitrogens with zero attached hydrogens (tertiary/aromatic N) is 2. The van der Waals surface area contributed by atoms with Crippen LogP contribution in [0.3, 0.4) is 0 Å². The number of thioether (sulfide) groups is 1. The number of anilines is 1. The molecule has 0 bridgehead atoms. The number of aromatic nitrogens is 2. The average Bonchev–Trinajstić information content (AvgIpc) is 3.00. The van der Waals surface area contributed by atoms with Gasteiger partial charge in [-0.2, -0.15) is 0 Å². The number of hydrogen-bond acceptors (Lipinski definition) is 5. The fraction of sp³-hybridized carbons (Fsp3) is 0.316. The lowest BCUT2D eigenvalue weighted by Crippen LogP contribution is -2.15. The van der Waals surface area contributed by atoms with Crippen LogP contribution in [0.5, 0.6) is 0 Å². The van der Waals surface area contributed by atoms with Crippen molar-refractivity contribution >= 4 is 60.8 Å². The zero-order valence-electron chi connectivity index (χ0n) is 14.6. The van der Waals surface area contributed by atoms with Crippen LogP contribution in [0.15, 0.2) is 27.7 Å². The third-order valence-corrected chi connectivity index (χ3v) is 7.09. The molecule has 2 aromatic heterocycles. The van der Waals surface area contributed by atoms with Gasteiger partial charge >= 0.3 is 0 Å². The van der Waals surface area contributed by atoms with Gasteiger partial charge in [0.1, 0.15) is 21.5 Å². The number of fused-ring (bicyclic) bond motifs is 3. The monoisotopic (exact) mass is 465 g/mol. The number of halogens is 2. The molecule has 1 aliphatic rings. The number of aryl methyl sites for hydroxylation is 3. The van der Waals surface area contributed by atoms with Crippen molar-refractivity contribution in [1.29, 1.82) is 0 Å². The molecular weight excluding hydrogens is 449 g/mol. The van der Waals surface area contributed by atoms with Crippen LogP contribution in [-0.2, 0) is 17.6 Å². The molecule has 0 atom stereocenters. The fourth-order valence-electron chi connectivity index (χ4n) is 3.24. The van der Waals surface area contributed by atoms with Crippen LogP contribution in [0.25, 0.3) is 10.2 Å². The van der Waals surface area contributed by atoms with E-state index in [0.717, 1.165) is 28.1 Å². The molecule has 0 saturated heterocycles. The Morgan fingerprint density at radius 2 is 2.15 bits per heavy atom. The quantitative estimate of drug-likeness (QED) is 0.407. The molecule has 1 aliphatic carbocycles. The van der Waals surface area contributed by atoms with Crippen LogP contribution < -0.4 is 5.32 Å². The second kappa shape index (κ2) is 7.85. The van der Waals surface area contributed by atoms with Gasteiger partial charge in [-0.3, -0.25) is 4.79 Å². The van der Waals surface area contributed by atoms with Crippen LogP contribution in [-0.4, -0.2) is 21.6 Å². The van der Waals surface area contributed by atoms with E-state index in [1.165, 1.54) is 41.1 Å². The second-order valence-electron chi connectivity index (χ2n) is 6.43. The topological polar surface area (TPSA) is 54.9 Å². The Balaban J connectivity index is 1.54. The standard InChI is InChI=1S/C19H17BrFN3OS2/c1-10-22-18(17-12-4-2-3-5-15(12)27-19(17)23-10)26-9-16(25)24-14-7-6-11(20)8-13(14)21/h6-8H,2-5,9H2,1H3,(H,24,25). The predicted octanol–water partition coefficient (Wildman–Crippen LogP) is 5.51. The Kier molecular flexibility index (Phi) is 5.48. The van der Waals surface area contributed by atoms with Gasteiger partial charge in [0.15, 0.2) is 0 Å². The predicted molar refractivity (Wildman–Crippen MR) is 112 cm³/mol. The summed E-state index contributed by atoms with van der Waals surface area (Å²) in [5.41, 5.74) is 1.53. The van der Waals surface area contributed by atoms with E-state index >= 15 is 0 Å². The van der Waals surface area contributed by atoms with E-state index in [1.807, 2.05) is 6.92 Å². The van der Waals surface area contributed by atoms with Gasteiger partial charge in [-0.15, -0.1) is 11.3 Å². The maximum atomic E-state index is 13.9. The summed E-state index contributed by atoms with van der Waals surface area (Å²) in [5, 5.41) is 4.58. The van der Waals surface area contributed by atoms with Gasteiger partial charge in [0.25, 0.3) is 0 Å². The van der Waals surface area contributed by atoms with Crippen LogP contribution in [0.2, 0.25) is 0 Å². The van der Waals surface area contributed by atoms with E-state index in [4.69, 9.17) is 0 Å². The molecule has 8 heteroatoms. The molecular formula is C19H17BrFN3OS2. The van der Waals surface area contributed by atoms with Crippen LogP contribution in [0, 0.1) is 12.7 Å². The summed E-state index contributed by atoms with van der Waals surface area (Å²) >= 11 is 6.35. The molecule has 4 nitrogen and oxygen atoms in total. The average molecular weight is 466 g/mol. The minimum Gasteiger partial charge on any atom is -0.323 e. The molecule has 3 aromatic rings. The van der Waals surface area contributed by atoms with E-state index in [1.54, 1.807) is 23.5 Å². The Morgan fingerprint density at radius 1 is 1.33 bits per heavy atom. The van der Waals surface area contributed by atoms with Gasteiger partial charge in [0, 0.05) is 14.7 Å². The smallest absolute Gasteiger partial charge is 0.234 e. The largest absolute Gasteiger partial charge is 0.323 e. The number of rotatable bonds is 4. The lowest BCUT2D eigenvalue weighted by molar-refractivity contribution is -0.113. The first-order valence-electron chi connectivity index (χ1n) is 8.68. The van der Waals surface area contributed by atoms with Gasteiger partial charge < -0.3 is 5.32 Å². The number of carbonyl (C=O) groups excluding carboxylic acids is 1. The van der Waals surface area contributed by atoms with Crippen LogP contribution in [0.1, 0.15) is 29.1 Å². The maximum Gasteiger partial charge on any atom is 0.234 e. The zero-order valence-corrected chi connectivity index (χ0v) is 17.9. The molecule has 140 valence electrons. The highest BCUT2D eigenvalue weighted by Crippen LogP contribution is 2.39. The van der Waals surface area contributed by atoms with Crippen molar-refractivity contribution in [2.45, 2.75) is 37.6 Å². The fourth-order valence-corrected chi connectivity index (χ4v) is 5.85. The molecule has 1 aromatic carbocycles. The Labute approximate surface area is 173 Å². The van der Waals surface area contributed by atoms with Crippen LogP contribution >= 0.6 is 39.0 Å². The number of benzene rings is 1. The van der Waals surface area contributed by atoms with E-state index in [-0.39, 0.29) is 17.3 Å². The summed E-state index contributed by atoms with van der Waals surface area (Å²) in [6, 6.07) is 4.57. The van der Waals surface area contributed by atoms with Gasteiger partial charge in [-0.05, 0) is 56.4 Å². The highest BCUT2D eigenvalue weighted by molar-refractivity contribution is 9.10. The maximum absolute atomic E-state index is 13.9. The lowest BCUT2D eigenvalue weighted by atomic mass is 9.97. The minimum absolute atomic E-state index is 0.172. The third kappa shape index (κ3) is 4.02. The Morgan fingerprint density at radius 3 is 2.96 bits per heavy atom. The lowest BCUT2D eigenvalue weighted by Gasteiger charge is -2.12. The minimum atomic E-state index is -0.463. The second-order valence-corrected chi connectivity index (χ2v) is 9.39. The molecule has 0 radical (unpaired) electrons. The first-order chi connectivity index (χ1) is 13.0. The van der Waals surface area contributed by atoms with Crippen molar-refractivity contribution in [2.75, 3.05) is 11.1 Å². The number of carbonyl (C=O) groups is 1. The summed E-state index contributed by atoms with van der Waals surface area (Å²) in [5.74, 6) is 0.165. The van der Waals surface area contributed by atoms with Crippen molar-refractivity contribution in [3.63, 3.8) is 0 Å². The van der Waals surface area contributed by atoms with Crippen LogP contribution in [0.4, 0.5) is 10.1 Å². The van der Waals surface area contributed by atoms with E-state index in [2.05, 4.69) is 31.2 Å². The molecule has 2 heterocycles. The molecule has 1 N–H and O–H groups in total. The third-order valence-electron chi connectivity index (χ3n) is 4.44. The normalized spacial score (nSPS) is 13.6. The van der Waals surface area contributed by atoms with Gasteiger partial charge in [0.2, 0.25) is 5.91 Å². The van der Waals surface area contributed by atoms with Gasteiger partial charge in [-0.25, -0.2) is 14.4 Å². The molecule has 0 fully saturated rings. The summed E-state index contributed by atoms with van der Waals surface area (Å²) < 4.78 is 14.5. The van der Waals surface area contributed by atoms with Crippen molar-refractivity contribution in [3.8, 4) is 0 Å².